The van der Waals surface area contributed by atoms with E-state index in [1.807, 2.05) is 35.7 Å². The minimum Gasteiger partial charge on any atom is -0.457 e. The van der Waals surface area contributed by atoms with Gasteiger partial charge in [0.25, 0.3) is 0 Å². The van der Waals surface area contributed by atoms with Gasteiger partial charge in [0.15, 0.2) is 0 Å². The van der Waals surface area contributed by atoms with Crippen LogP contribution in [0.3, 0.4) is 0 Å². The molecule has 2 aromatic carbocycles. The molecular weight excluding hydrogens is 296 g/mol. The Hall–Kier alpha value is -2.17. The maximum atomic E-state index is 12.2. The van der Waals surface area contributed by atoms with Crippen LogP contribution < -0.4 is 0 Å². The summed E-state index contributed by atoms with van der Waals surface area (Å²) in [5.41, 5.74) is 2.55. The molecule has 1 aromatic heterocycles. The van der Waals surface area contributed by atoms with Crippen molar-refractivity contribution in [1.82, 2.24) is 0 Å². The van der Waals surface area contributed by atoms with Gasteiger partial charge in [0.1, 0.15) is 6.61 Å². The van der Waals surface area contributed by atoms with E-state index in [-0.39, 0.29) is 12.6 Å². The number of hydrogen-bond acceptors (Lipinski definition) is 4. The summed E-state index contributed by atoms with van der Waals surface area (Å²) < 4.78 is 11.7. The first-order valence-electron chi connectivity index (χ1n) is 6.98. The van der Waals surface area contributed by atoms with Gasteiger partial charge in [-0.3, -0.25) is 0 Å². The van der Waals surface area contributed by atoms with Gasteiger partial charge >= 0.3 is 5.97 Å². The lowest BCUT2D eigenvalue weighted by Crippen LogP contribution is -2.05. The molecule has 22 heavy (non-hydrogen) atoms. The fourth-order valence-electron chi connectivity index (χ4n) is 2.33. The van der Waals surface area contributed by atoms with Crippen LogP contribution in [0.2, 0.25) is 0 Å². The van der Waals surface area contributed by atoms with Crippen LogP contribution in [0.4, 0.5) is 0 Å². The Balaban J connectivity index is 1.71. The van der Waals surface area contributed by atoms with Gasteiger partial charge in [-0.05, 0) is 34.5 Å². The predicted octanol–water partition coefficient (Wildman–Crippen LogP) is 4.40. The van der Waals surface area contributed by atoms with Gasteiger partial charge in [-0.25, -0.2) is 4.79 Å². The minimum atomic E-state index is -0.312. The molecule has 0 bridgehead atoms. The fraction of sp³-hybridized carbons (Fsp3) is 0.167. The Labute approximate surface area is 133 Å². The normalized spacial score (nSPS) is 10.8. The zero-order valence-corrected chi connectivity index (χ0v) is 13.1. The van der Waals surface area contributed by atoms with E-state index in [0.29, 0.717) is 12.2 Å². The summed E-state index contributed by atoms with van der Waals surface area (Å²) in [5, 5.41) is 3.19. The molecule has 0 amide bonds. The first-order valence-corrected chi connectivity index (χ1v) is 7.86. The van der Waals surface area contributed by atoms with Crippen LogP contribution in [0.25, 0.3) is 10.1 Å². The van der Waals surface area contributed by atoms with Crippen molar-refractivity contribution in [2.24, 2.45) is 0 Å². The van der Waals surface area contributed by atoms with Crippen LogP contribution in [0, 0.1) is 0 Å². The highest BCUT2D eigenvalue weighted by Crippen LogP contribution is 2.26. The molecule has 0 aliphatic rings. The second-order valence-corrected chi connectivity index (χ2v) is 5.88. The fourth-order valence-corrected chi connectivity index (χ4v) is 3.27. The number of thiophene rings is 1. The molecule has 0 saturated heterocycles. The smallest absolute Gasteiger partial charge is 0.338 e. The van der Waals surface area contributed by atoms with Gasteiger partial charge in [0.05, 0.1) is 12.2 Å². The zero-order valence-electron chi connectivity index (χ0n) is 12.2. The third-order valence-electron chi connectivity index (χ3n) is 3.39. The Morgan fingerprint density at radius 2 is 1.95 bits per heavy atom. The molecule has 3 aromatic rings. The highest BCUT2D eigenvalue weighted by molar-refractivity contribution is 7.17. The van der Waals surface area contributed by atoms with Crippen molar-refractivity contribution in [2.45, 2.75) is 13.2 Å². The Bertz CT molecular complexity index is 792. The van der Waals surface area contributed by atoms with Crippen molar-refractivity contribution in [3.8, 4) is 0 Å². The van der Waals surface area contributed by atoms with E-state index in [2.05, 4.69) is 6.07 Å². The lowest BCUT2D eigenvalue weighted by Gasteiger charge is -2.06. The third kappa shape index (κ3) is 3.18. The van der Waals surface area contributed by atoms with Crippen molar-refractivity contribution in [2.75, 3.05) is 7.11 Å². The van der Waals surface area contributed by atoms with E-state index in [0.717, 1.165) is 16.5 Å². The summed E-state index contributed by atoms with van der Waals surface area (Å²) in [6.07, 6.45) is 0. The van der Waals surface area contributed by atoms with Gasteiger partial charge in [0.2, 0.25) is 0 Å². The quantitative estimate of drug-likeness (QED) is 0.655. The van der Waals surface area contributed by atoms with Crippen molar-refractivity contribution in [3.63, 3.8) is 0 Å². The number of benzene rings is 2. The molecule has 0 aliphatic carbocycles. The van der Waals surface area contributed by atoms with Crippen molar-refractivity contribution < 1.29 is 14.3 Å². The largest absolute Gasteiger partial charge is 0.457 e. The third-order valence-corrected chi connectivity index (χ3v) is 4.41. The lowest BCUT2D eigenvalue weighted by molar-refractivity contribution is 0.0474. The van der Waals surface area contributed by atoms with Crippen LogP contribution in [0.15, 0.2) is 53.9 Å². The van der Waals surface area contributed by atoms with Gasteiger partial charge in [-0.2, -0.15) is 0 Å². The molecule has 0 radical (unpaired) electrons. The Kier molecular flexibility index (Phi) is 4.51. The van der Waals surface area contributed by atoms with E-state index in [9.17, 15) is 4.79 Å². The number of rotatable bonds is 5. The number of carbonyl (C=O) groups excluding carboxylic acids is 1. The second-order valence-electron chi connectivity index (χ2n) is 4.97. The highest BCUT2D eigenvalue weighted by atomic mass is 32.1. The number of carbonyl (C=O) groups is 1. The minimum absolute atomic E-state index is 0.289. The molecule has 0 N–H and O–H groups in total. The standard InChI is InChI=1S/C18H16O3S/c1-20-10-13-5-4-6-14(9-13)18(19)21-11-15-12-22-17-8-3-2-7-16(15)17/h2-9,12H,10-11H2,1H3. The van der Waals surface area contributed by atoms with Crippen LogP contribution in [0.1, 0.15) is 21.5 Å². The van der Waals surface area contributed by atoms with Gasteiger partial charge in [-0.15, -0.1) is 11.3 Å². The first-order chi connectivity index (χ1) is 10.8. The molecule has 1 heterocycles. The average molecular weight is 312 g/mol. The first kappa shape index (κ1) is 14.8. The summed E-state index contributed by atoms with van der Waals surface area (Å²) in [6, 6.07) is 15.4. The summed E-state index contributed by atoms with van der Waals surface area (Å²) in [5.74, 6) is -0.312. The maximum absolute atomic E-state index is 12.2. The monoisotopic (exact) mass is 312 g/mol. The van der Waals surface area contributed by atoms with E-state index >= 15 is 0 Å². The number of esters is 1. The summed E-state index contributed by atoms with van der Waals surface area (Å²) >= 11 is 1.66. The number of ether oxygens (including phenoxy) is 2. The van der Waals surface area contributed by atoms with Crippen molar-refractivity contribution in [3.05, 3.63) is 70.6 Å². The molecule has 0 spiro atoms. The number of methoxy groups -OCH3 is 1. The molecule has 112 valence electrons. The van der Waals surface area contributed by atoms with Crippen LogP contribution in [-0.4, -0.2) is 13.1 Å². The zero-order chi connectivity index (χ0) is 15.4. The highest BCUT2D eigenvalue weighted by Gasteiger charge is 2.10. The van der Waals surface area contributed by atoms with Gasteiger partial charge < -0.3 is 9.47 Å². The molecule has 0 saturated carbocycles. The topological polar surface area (TPSA) is 35.5 Å². The predicted molar refractivity (Wildman–Crippen MR) is 88.1 cm³/mol. The SMILES string of the molecule is COCc1cccc(C(=O)OCc2csc3ccccc23)c1. The molecule has 3 rings (SSSR count). The van der Waals surface area contributed by atoms with Crippen molar-refractivity contribution in [1.29, 1.82) is 0 Å². The van der Waals surface area contributed by atoms with Crippen LogP contribution >= 0.6 is 11.3 Å². The molecule has 3 nitrogen and oxygen atoms in total. The maximum Gasteiger partial charge on any atom is 0.338 e. The van der Waals surface area contributed by atoms with E-state index in [1.54, 1.807) is 30.6 Å². The van der Waals surface area contributed by atoms with Gasteiger partial charge in [-0.1, -0.05) is 30.3 Å². The molecule has 0 atom stereocenters. The van der Waals surface area contributed by atoms with Crippen molar-refractivity contribution >= 4 is 27.4 Å². The lowest BCUT2D eigenvalue weighted by atomic mass is 10.1. The number of hydrogen-bond donors (Lipinski definition) is 0. The Morgan fingerprint density at radius 1 is 1.09 bits per heavy atom. The van der Waals surface area contributed by atoms with E-state index < -0.39 is 0 Å². The van der Waals surface area contributed by atoms with Crippen LogP contribution in [-0.2, 0) is 22.7 Å². The summed E-state index contributed by atoms with van der Waals surface area (Å²) in [4.78, 5) is 12.2. The Morgan fingerprint density at radius 3 is 2.82 bits per heavy atom. The molecule has 0 unspecified atom stereocenters. The van der Waals surface area contributed by atoms with Crippen LogP contribution in [0.5, 0.6) is 0 Å². The van der Waals surface area contributed by atoms with E-state index in [1.165, 1.54) is 4.70 Å². The number of fused-ring (bicyclic) bond motifs is 1. The average Bonchev–Trinajstić information content (AvgIpc) is 2.96. The molecule has 4 heteroatoms. The molecule has 0 fully saturated rings. The van der Waals surface area contributed by atoms with E-state index in [4.69, 9.17) is 9.47 Å². The van der Waals surface area contributed by atoms with Gasteiger partial charge in [0, 0.05) is 17.4 Å². The molecule has 0 aliphatic heterocycles. The second kappa shape index (κ2) is 6.73. The summed E-state index contributed by atoms with van der Waals surface area (Å²) in [7, 11) is 1.63. The molecular formula is C18H16O3S. The summed E-state index contributed by atoms with van der Waals surface area (Å²) in [6.45, 7) is 0.771.